The number of para-hydroxylation sites is 2. The lowest BCUT2D eigenvalue weighted by Crippen LogP contribution is -2.56. The lowest BCUT2D eigenvalue weighted by Gasteiger charge is -2.42. The molecule has 3 aromatic heterocycles. The normalized spacial score (nSPS) is 15.8. The van der Waals surface area contributed by atoms with Gasteiger partial charge in [0.2, 0.25) is 0 Å². The maximum absolute atomic E-state index is 13.9. The van der Waals surface area contributed by atoms with Crippen molar-refractivity contribution in [2.24, 2.45) is 0 Å². The van der Waals surface area contributed by atoms with Gasteiger partial charge in [-0.25, -0.2) is 21.6 Å². The van der Waals surface area contributed by atoms with Crippen molar-refractivity contribution >= 4 is 76.8 Å². The first-order valence-electron chi connectivity index (χ1n) is 23.7. The molecule has 3 saturated heterocycles. The Labute approximate surface area is 422 Å². The van der Waals surface area contributed by atoms with Crippen LogP contribution in [0.3, 0.4) is 0 Å². The number of sulfonamides is 2. The van der Waals surface area contributed by atoms with Gasteiger partial charge in [0.05, 0.1) is 42.6 Å². The SMILES string of the molecule is COc1cccnc1CN1CCN(C(=O)c2ccc(NS(=O)(=O)c3cccc4c(N5CC(OC(=O)N6CCN(C(=O)c7ccc(NS(=O)(=O)c8cccc9cccnc89)c(C)c7)CC6)C5)ccnc34)cc2)CC1. The second-order valence-electron chi connectivity index (χ2n) is 18.0. The first kappa shape index (κ1) is 48.7. The van der Waals surface area contributed by atoms with Crippen LogP contribution in [-0.4, -0.2) is 148 Å². The number of hydrogen-bond donors (Lipinski definition) is 2. The van der Waals surface area contributed by atoms with Crippen molar-refractivity contribution in [2.45, 2.75) is 29.4 Å². The minimum Gasteiger partial charge on any atom is -0.495 e. The lowest BCUT2D eigenvalue weighted by molar-refractivity contribution is 0.0333. The van der Waals surface area contributed by atoms with Crippen LogP contribution in [0.15, 0.2) is 138 Å². The third kappa shape index (κ3) is 10.3. The Morgan fingerprint density at radius 2 is 1.23 bits per heavy atom. The molecule has 10 rings (SSSR count). The Kier molecular flexibility index (Phi) is 13.6. The summed E-state index contributed by atoms with van der Waals surface area (Å²) in [7, 11) is -6.49. The molecular weight excluding hydrogens is 973 g/mol. The van der Waals surface area contributed by atoms with E-state index in [1.54, 1.807) is 132 Å². The van der Waals surface area contributed by atoms with Crippen LogP contribution < -0.4 is 19.1 Å². The summed E-state index contributed by atoms with van der Waals surface area (Å²) < 4.78 is 71.2. The van der Waals surface area contributed by atoms with Gasteiger partial charge in [0.15, 0.2) is 0 Å². The number of hydrogen-bond acceptors (Lipinski definition) is 14. The molecule has 7 aromatic rings. The van der Waals surface area contributed by atoms with Crippen LogP contribution >= 0.6 is 0 Å². The number of piperazine rings is 2. The molecule has 6 heterocycles. The van der Waals surface area contributed by atoms with E-state index in [2.05, 4.69) is 29.3 Å². The molecule has 0 radical (unpaired) electrons. The first-order valence-corrected chi connectivity index (χ1v) is 26.7. The number of ether oxygens (including phenoxy) is 2. The van der Waals surface area contributed by atoms with Crippen LogP contribution in [0.2, 0.25) is 0 Å². The number of amides is 3. The highest BCUT2D eigenvalue weighted by molar-refractivity contribution is 7.93. The minimum atomic E-state index is -4.12. The van der Waals surface area contributed by atoms with Crippen LogP contribution in [0.5, 0.6) is 5.75 Å². The smallest absolute Gasteiger partial charge is 0.410 e. The molecule has 21 heteroatoms. The van der Waals surface area contributed by atoms with E-state index in [-0.39, 0.29) is 53.3 Å². The van der Waals surface area contributed by atoms with E-state index in [1.807, 2.05) is 17.0 Å². The number of nitrogens with one attached hydrogen (secondary N) is 2. The fraction of sp³-hybridized carbons (Fsp3) is 0.269. The summed E-state index contributed by atoms with van der Waals surface area (Å²) in [6.45, 7) is 6.62. The Morgan fingerprint density at radius 3 is 1.96 bits per heavy atom. The third-order valence-electron chi connectivity index (χ3n) is 13.4. The molecule has 3 aliphatic heterocycles. The molecule has 3 fully saturated rings. The summed E-state index contributed by atoms with van der Waals surface area (Å²) in [5.74, 6) is 0.356. The highest BCUT2D eigenvalue weighted by Gasteiger charge is 2.35. The Bertz CT molecular complexity index is 3470. The van der Waals surface area contributed by atoms with E-state index < -0.39 is 32.2 Å². The average Bonchev–Trinajstić information content (AvgIpc) is 3.39. The molecule has 0 atom stereocenters. The maximum atomic E-state index is 13.9. The molecule has 0 aliphatic carbocycles. The van der Waals surface area contributed by atoms with Gasteiger partial charge in [-0.05, 0) is 91.3 Å². The fourth-order valence-electron chi connectivity index (χ4n) is 9.35. The van der Waals surface area contributed by atoms with Crippen molar-refractivity contribution in [1.82, 2.24) is 34.6 Å². The van der Waals surface area contributed by atoms with E-state index in [4.69, 9.17) is 9.47 Å². The van der Waals surface area contributed by atoms with E-state index in [0.29, 0.717) is 90.2 Å². The molecule has 0 unspecified atom stereocenters. The lowest BCUT2D eigenvalue weighted by atomic mass is 10.1. The van der Waals surface area contributed by atoms with E-state index in [0.717, 1.165) is 17.1 Å². The van der Waals surface area contributed by atoms with Crippen LogP contribution in [-0.2, 0) is 31.3 Å². The van der Waals surface area contributed by atoms with Crippen molar-refractivity contribution in [1.29, 1.82) is 0 Å². The van der Waals surface area contributed by atoms with Crippen LogP contribution in [0, 0.1) is 6.92 Å². The predicted molar refractivity (Wildman–Crippen MR) is 275 cm³/mol. The molecule has 0 saturated carbocycles. The summed E-state index contributed by atoms with van der Waals surface area (Å²) in [5, 5.41) is 1.31. The summed E-state index contributed by atoms with van der Waals surface area (Å²) in [5.41, 5.74) is 4.26. The number of pyridine rings is 3. The van der Waals surface area contributed by atoms with Crippen molar-refractivity contribution in [3.05, 3.63) is 150 Å². The number of carbonyl (C=O) groups is 3. The Hall–Kier alpha value is -7.88. The molecule has 0 bridgehead atoms. The van der Waals surface area contributed by atoms with Crippen molar-refractivity contribution in [3.63, 3.8) is 0 Å². The zero-order valence-electron chi connectivity index (χ0n) is 40.0. The van der Waals surface area contributed by atoms with Crippen molar-refractivity contribution in [2.75, 3.05) is 86.9 Å². The molecule has 3 aliphatic rings. The van der Waals surface area contributed by atoms with Gasteiger partial charge < -0.3 is 29.1 Å². The maximum Gasteiger partial charge on any atom is 0.410 e. The summed E-state index contributed by atoms with van der Waals surface area (Å²) in [6, 6.07) is 30.1. The molecule has 2 N–H and O–H groups in total. The fourth-order valence-corrected chi connectivity index (χ4v) is 11.9. The summed E-state index contributed by atoms with van der Waals surface area (Å²) >= 11 is 0. The quantitative estimate of drug-likeness (QED) is 0.139. The van der Waals surface area contributed by atoms with E-state index in [9.17, 15) is 31.2 Å². The Balaban J connectivity index is 0.698. The minimum absolute atomic E-state index is 0.0142. The molecule has 19 nitrogen and oxygen atoms in total. The third-order valence-corrected chi connectivity index (χ3v) is 16.2. The first-order chi connectivity index (χ1) is 35.2. The summed E-state index contributed by atoms with van der Waals surface area (Å²) in [6.07, 6.45) is 3.93. The van der Waals surface area contributed by atoms with Crippen LogP contribution in [0.1, 0.15) is 32.0 Å². The predicted octanol–water partition coefficient (Wildman–Crippen LogP) is 5.84. The number of anilines is 3. The summed E-state index contributed by atoms with van der Waals surface area (Å²) in [4.78, 5) is 62.7. The van der Waals surface area contributed by atoms with Gasteiger partial charge in [0.1, 0.15) is 21.6 Å². The highest BCUT2D eigenvalue weighted by atomic mass is 32.2. The second-order valence-corrected chi connectivity index (χ2v) is 21.3. The standard InChI is InChI=1S/C52H52N10O9S2/c1-35-31-38(15-18-42(35)57-73(68,69)46-11-3-7-36-8-5-21-54-48(36)46)51(64)60-27-29-61(30-28-60)52(65)71-40-32-62(33-40)44-19-22-55-49-41(44)9-4-12-47(49)72(66,67)56-39-16-13-37(14-17-39)50(63)59-25-23-58(24-26-59)34-43-45(70-2)10-6-20-53-43/h3-22,31,40,56-57H,23-30,32-34H2,1-2H3. The molecular formula is C52H52N10O9S2. The number of fused-ring (bicyclic) bond motifs is 2. The van der Waals surface area contributed by atoms with Crippen molar-refractivity contribution < 1.29 is 40.7 Å². The zero-order chi connectivity index (χ0) is 50.9. The molecule has 73 heavy (non-hydrogen) atoms. The van der Waals surface area contributed by atoms with Crippen molar-refractivity contribution in [3.8, 4) is 5.75 Å². The van der Waals surface area contributed by atoms with Gasteiger partial charge in [0.25, 0.3) is 31.9 Å². The number of carbonyl (C=O) groups excluding carboxylic acids is 3. The molecule has 376 valence electrons. The number of aryl methyl sites for hydroxylation is 1. The van der Waals surface area contributed by atoms with E-state index in [1.165, 1.54) is 12.1 Å². The number of methoxy groups -OCH3 is 1. The number of benzene rings is 4. The highest BCUT2D eigenvalue weighted by Crippen LogP contribution is 2.34. The van der Waals surface area contributed by atoms with Gasteiger partial charge in [-0.2, -0.15) is 0 Å². The van der Waals surface area contributed by atoms with Crippen LogP contribution in [0.4, 0.5) is 21.9 Å². The molecule has 4 aromatic carbocycles. The van der Waals surface area contributed by atoms with Gasteiger partial charge >= 0.3 is 6.09 Å². The topological polar surface area (TPSA) is 217 Å². The molecule has 0 spiro atoms. The number of nitrogens with zero attached hydrogens (tertiary/aromatic N) is 8. The Morgan fingerprint density at radius 1 is 0.630 bits per heavy atom. The molecule has 3 amide bonds. The van der Waals surface area contributed by atoms with E-state index >= 15 is 0 Å². The number of rotatable bonds is 13. The van der Waals surface area contributed by atoms with Gasteiger partial charge in [-0.3, -0.25) is 38.9 Å². The van der Waals surface area contributed by atoms with Gasteiger partial charge in [0, 0.05) is 111 Å². The monoisotopic (exact) mass is 1020 g/mol. The van der Waals surface area contributed by atoms with Gasteiger partial charge in [-0.1, -0.05) is 30.3 Å². The van der Waals surface area contributed by atoms with Gasteiger partial charge in [-0.15, -0.1) is 0 Å². The second kappa shape index (κ2) is 20.3. The number of aromatic nitrogens is 3. The largest absolute Gasteiger partial charge is 0.495 e. The van der Waals surface area contributed by atoms with Crippen LogP contribution in [0.25, 0.3) is 21.8 Å². The zero-order valence-corrected chi connectivity index (χ0v) is 41.7. The average molecular weight is 1030 g/mol.